The molecule has 0 spiro atoms. The van der Waals surface area contributed by atoms with E-state index in [-0.39, 0.29) is 40.7 Å². The maximum absolute atomic E-state index is 10.7. The summed E-state index contributed by atoms with van der Waals surface area (Å²) in [7, 11) is -4.26. The average Bonchev–Trinajstić information content (AvgIpc) is 3.13. The van der Waals surface area contributed by atoms with Crippen molar-refractivity contribution in [2.75, 3.05) is 13.2 Å². The molecule has 3 saturated heterocycles. The predicted octanol–water partition coefficient (Wildman–Crippen LogP) is 9.79. The van der Waals surface area contributed by atoms with Crippen LogP contribution in [0, 0.1) is 11.8 Å². The van der Waals surface area contributed by atoms with Gasteiger partial charge in [0.1, 0.15) is 12.2 Å². The quantitative estimate of drug-likeness (QED) is 0.101. The molecule has 2 aromatic carbocycles. The van der Waals surface area contributed by atoms with Crippen LogP contribution in [0.1, 0.15) is 72.8 Å². The van der Waals surface area contributed by atoms with Crippen molar-refractivity contribution in [2.45, 2.75) is 154 Å². The molecule has 0 aliphatic carbocycles. The van der Waals surface area contributed by atoms with Crippen LogP contribution in [0.2, 0.25) is 36.3 Å². The molecule has 1 N–H and O–H groups in total. The normalized spacial score (nSPS) is 31.1. The van der Waals surface area contributed by atoms with Crippen LogP contribution in [-0.4, -0.2) is 84.0 Å². The van der Waals surface area contributed by atoms with Crippen molar-refractivity contribution in [2.24, 2.45) is 22.1 Å². The first-order valence-corrected chi connectivity index (χ1v) is 25.4. The second kappa shape index (κ2) is 19.3. The zero-order valence-corrected chi connectivity index (χ0v) is 37.2. The SMILES string of the molecule is C[C@@H]1C(N=[N+]=[N-])[C@H](O[Si](C)(C)C(C)(C)C)OC(COCc2ccccc2)[C@H]1O.C[C@@H]1C(N=[N+]=[N-])[C@H](O[Si](C)(C)C(C)(C)C)OC2COC(c3ccccc3)O[C@H]21. The van der Waals surface area contributed by atoms with Gasteiger partial charge in [-0.2, -0.15) is 0 Å². The number of rotatable bonds is 11. The molecule has 0 amide bonds. The van der Waals surface area contributed by atoms with E-state index in [1.54, 1.807) is 0 Å². The molecule has 2 aromatic rings. The van der Waals surface area contributed by atoms with Crippen LogP contribution < -0.4 is 0 Å². The van der Waals surface area contributed by atoms with Crippen molar-refractivity contribution in [1.82, 2.24) is 0 Å². The number of fused-ring (bicyclic) bond motifs is 1. The Morgan fingerprint density at radius 3 is 1.77 bits per heavy atom. The molecule has 16 heteroatoms. The summed E-state index contributed by atoms with van der Waals surface area (Å²) in [6.45, 7) is 26.5. The Balaban J connectivity index is 0.000000249. The molecule has 56 heavy (non-hydrogen) atoms. The van der Waals surface area contributed by atoms with Gasteiger partial charge in [0, 0.05) is 15.4 Å². The first kappa shape index (κ1) is 45.9. The lowest BCUT2D eigenvalue weighted by Crippen LogP contribution is -2.60. The van der Waals surface area contributed by atoms with Crippen LogP contribution >= 0.6 is 0 Å². The van der Waals surface area contributed by atoms with Crippen molar-refractivity contribution in [1.29, 1.82) is 0 Å². The van der Waals surface area contributed by atoms with Gasteiger partial charge in [0.05, 0.1) is 44.1 Å². The van der Waals surface area contributed by atoms with Gasteiger partial charge in [-0.05, 0) is 64.7 Å². The smallest absolute Gasteiger partial charge is 0.195 e. The monoisotopic (exact) mass is 812 g/mol. The molecule has 3 aliphatic rings. The van der Waals surface area contributed by atoms with E-state index in [0.717, 1.165) is 11.1 Å². The van der Waals surface area contributed by atoms with Crippen LogP contribution in [0.15, 0.2) is 70.9 Å². The van der Waals surface area contributed by atoms with Crippen LogP contribution in [-0.2, 0) is 39.1 Å². The third-order valence-corrected chi connectivity index (χ3v) is 20.9. The fourth-order valence-electron chi connectivity index (χ4n) is 6.30. The highest BCUT2D eigenvalue weighted by Crippen LogP contribution is 2.43. The molecule has 0 aromatic heterocycles. The Kier molecular flexibility index (Phi) is 15.8. The number of benzene rings is 2. The molecule has 0 radical (unpaired) electrons. The number of aliphatic hydroxyl groups is 1. The molecule has 0 saturated carbocycles. The van der Waals surface area contributed by atoms with Crippen molar-refractivity contribution < 1.29 is 37.6 Å². The third kappa shape index (κ3) is 11.4. The molecule has 310 valence electrons. The van der Waals surface area contributed by atoms with Crippen LogP contribution in [0.4, 0.5) is 0 Å². The molecular weight excluding hydrogens is 749 g/mol. The summed E-state index contributed by atoms with van der Waals surface area (Å²) in [6, 6.07) is 18.7. The molecule has 3 aliphatic heterocycles. The van der Waals surface area contributed by atoms with Crippen molar-refractivity contribution >= 4 is 16.6 Å². The number of aliphatic hydroxyl groups excluding tert-OH is 1. The average molecular weight is 813 g/mol. The molecular formula is C40H64N6O8Si2. The van der Waals surface area contributed by atoms with Gasteiger partial charge in [0.2, 0.25) is 0 Å². The molecule has 5 unspecified atom stereocenters. The van der Waals surface area contributed by atoms with Crippen molar-refractivity contribution in [3.63, 3.8) is 0 Å². The first-order chi connectivity index (χ1) is 26.2. The van der Waals surface area contributed by atoms with E-state index in [1.807, 2.05) is 74.5 Å². The number of ether oxygens (including phenoxy) is 5. The van der Waals surface area contributed by atoms with Crippen molar-refractivity contribution in [3.8, 4) is 0 Å². The van der Waals surface area contributed by atoms with E-state index < -0.39 is 59.8 Å². The summed E-state index contributed by atoms with van der Waals surface area (Å²) >= 11 is 0. The standard InChI is InChI=1S/C20H31N3O4Si.C20H33N3O4Si/c1-13-16(22-23-21)19(27-28(5,6)20(2,3)4)25-15-12-24-18(26-17(13)15)14-10-8-7-9-11-14;1-14-17(22-23-21)19(27-28(5,6)20(2,3)4)26-16(18(14)24)13-25-12-15-10-8-7-9-11-15/h7-11,13,15-19H,12H2,1-6H3;7-11,14,16-19,24H,12-13H2,1-6H3/t13-,15?,16?,17+,18?,19+;14-,16?,17?,18+,19+/m11/s1. The Bertz CT molecular complexity index is 1600. The minimum Gasteiger partial charge on any atom is -0.392 e. The highest BCUT2D eigenvalue weighted by Gasteiger charge is 2.51. The number of azide groups is 2. The van der Waals surface area contributed by atoms with Crippen molar-refractivity contribution in [3.05, 3.63) is 92.7 Å². The van der Waals surface area contributed by atoms with Gasteiger partial charge in [-0.15, -0.1) is 0 Å². The summed E-state index contributed by atoms with van der Waals surface area (Å²) in [6.07, 6.45) is -3.56. The highest BCUT2D eigenvalue weighted by atomic mass is 28.4. The fourth-order valence-corrected chi connectivity index (χ4v) is 8.56. The zero-order chi connectivity index (χ0) is 41.5. The Hall–Kier alpha value is -2.83. The maximum Gasteiger partial charge on any atom is 0.195 e. The lowest BCUT2D eigenvalue weighted by Gasteiger charge is -2.50. The van der Waals surface area contributed by atoms with Gasteiger partial charge in [-0.3, -0.25) is 0 Å². The lowest BCUT2D eigenvalue weighted by atomic mass is 9.88. The van der Waals surface area contributed by atoms with Crippen LogP contribution in [0.25, 0.3) is 20.9 Å². The van der Waals surface area contributed by atoms with E-state index in [9.17, 15) is 5.11 Å². The summed E-state index contributed by atoms with van der Waals surface area (Å²) < 4.78 is 43.2. The molecule has 14 nitrogen and oxygen atoms in total. The lowest BCUT2D eigenvalue weighted by molar-refractivity contribution is -0.323. The number of hydrogen-bond donors (Lipinski definition) is 1. The van der Waals surface area contributed by atoms with E-state index in [0.29, 0.717) is 13.2 Å². The topological polar surface area (TPSA) is 182 Å². The largest absolute Gasteiger partial charge is 0.392 e. The second-order valence-electron chi connectivity index (χ2n) is 18.1. The first-order valence-electron chi connectivity index (χ1n) is 19.6. The summed E-state index contributed by atoms with van der Waals surface area (Å²) in [5.41, 5.74) is 20.1. The highest BCUT2D eigenvalue weighted by molar-refractivity contribution is 6.74. The number of nitrogens with zero attached hydrogens (tertiary/aromatic N) is 6. The van der Waals surface area contributed by atoms with Gasteiger partial charge in [-0.25, -0.2) is 0 Å². The van der Waals surface area contributed by atoms with Gasteiger partial charge < -0.3 is 37.6 Å². The second-order valence-corrected chi connectivity index (χ2v) is 27.6. The van der Waals surface area contributed by atoms with Crippen LogP contribution in [0.3, 0.4) is 0 Å². The Morgan fingerprint density at radius 1 is 0.750 bits per heavy atom. The Morgan fingerprint density at radius 2 is 1.25 bits per heavy atom. The van der Waals surface area contributed by atoms with E-state index in [4.69, 9.17) is 43.6 Å². The van der Waals surface area contributed by atoms with Gasteiger partial charge in [0.15, 0.2) is 35.5 Å². The van der Waals surface area contributed by atoms with Gasteiger partial charge >= 0.3 is 0 Å². The van der Waals surface area contributed by atoms with E-state index >= 15 is 0 Å². The molecule has 3 fully saturated rings. The zero-order valence-electron chi connectivity index (χ0n) is 35.2. The number of hydrogen-bond acceptors (Lipinski definition) is 10. The van der Waals surface area contributed by atoms with E-state index in [2.05, 4.69) is 87.8 Å². The third-order valence-electron chi connectivity index (χ3n) is 12.0. The molecule has 0 bridgehead atoms. The minimum absolute atomic E-state index is 0.0180. The molecule has 3 heterocycles. The van der Waals surface area contributed by atoms with Gasteiger partial charge in [-0.1, -0.05) is 126 Å². The molecule has 5 rings (SSSR count). The molecule has 11 atom stereocenters. The summed E-state index contributed by atoms with van der Waals surface area (Å²) in [5.74, 6) is -0.357. The Labute approximate surface area is 335 Å². The fraction of sp³-hybridized carbons (Fsp3) is 0.700. The summed E-state index contributed by atoms with van der Waals surface area (Å²) in [4.78, 5) is 6.01. The van der Waals surface area contributed by atoms with Crippen LogP contribution in [0.5, 0.6) is 0 Å². The predicted molar refractivity (Wildman–Crippen MR) is 220 cm³/mol. The van der Waals surface area contributed by atoms with E-state index in [1.165, 1.54) is 0 Å². The minimum atomic E-state index is -2.16. The summed E-state index contributed by atoms with van der Waals surface area (Å²) in [5, 5.41) is 18.6. The maximum atomic E-state index is 10.7. The van der Waals surface area contributed by atoms with Gasteiger partial charge in [0.25, 0.3) is 0 Å².